The molecular weight excluding hydrogens is 231 g/mol. The van der Waals surface area contributed by atoms with E-state index in [4.69, 9.17) is 5.73 Å². The van der Waals surface area contributed by atoms with E-state index in [-0.39, 0.29) is 11.6 Å². The molecular formula is C14H21FN2O. The van der Waals surface area contributed by atoms with Crippen molar-refractivity contribution in [1.29, 1.82) is 0 Å². The Labute approximate surface area is 108 Å². The second-order valence-corrected chi connectivity index (χ2v) is 5.74. The quantitative estimate of drug-likeness (QED) is 0.869. The van der Waals surface area contributed by atoms with Crippen LogP contribution < -0.4 is 11.1 Å². The van der Waals surface area contributed by atoms with Gasteiger partial charge in [0, 0.05) is 5.54 Å². The lowest BCUT2D eigenvalue weighted by atomic mass is 9.74. The summed E-state index contributed by atoms with van der Waals surface area (Å²) in [5, 5.41) is 2.60. The first-order valence-corrected chi connectivity index (χ1v) is 5.93. The maximum Gasteiger partial charge on any atom is 0.231 e. The van der Waals surface area contributed by atoms with Gasteiger partial charge in [-0.2, -0.15) is 0 Å². The fraction of sp³-hybridized carbons (Fsp3) is 0.500. The summed E-state index contributed by atoms with van der Waals surface area (Å²) in [6.07, 6.45) is 0. The Morgan fingerprint density at radius 1 is 1.28 bits per heavy atom. The molecule has 1 aromatic carbocycles. The Morgan fingerprint density at radius 2 is 1.83 bits per heavy atom. The highest BCUT2D eigenvalue weighted by molar-refractivity contribution is 5.95. The van der Waals surface area contributed by atoms with Crippen LogP contribution in [0.1, 0.15) is 33.3 Å². The van der Waals surface area contributed by atoms with Crippen LogP contribution >= 0.6 is 0 Å². The van der Waals surface area contributed by atoms with E-state index >= 15 is 0 Å². The molecule has 0 bridgehead atoms. The monoisotopic (exact) mass is 252 g/mol. The average molecular weight is 252 g/mol. The van der Waals surface area contributed by atoms with Crippen molar-refractivity contribution >= 4 is 11.6 Å². The highest BCUT2D eigenvalue weighted by atomic mass is 19.1. The minimum atomic E-state index is -0.802. The molecule has 100 valence electrons. The number of benzene rings is 1. The number of nitrogens with one attached hydrogen (secondary N) is 1. The number of aryl methyl sites for hydroxylation is 1. The summed E-state index contributed by atoms with van der Waals surface area (Å²) < 4.78 is 13.8. The number of hydrogen-bond donors (Lipinski definition) is 2. The Bertz CT molecular complexity index is 461. The van der Waals surface area contributed by atoms with Gasteiger partial charge in [-0.25, -0.2) is 4.39 Å². The van der Waals surface area contributed by atoms with Gasteiger partial charge in [-0.05, 0) is 46.2 Å². The van der Waals surface area contributed by atoms with Gasteiger partial charge in [-0.15, -0.1) is 0 Å². The lowest BCUT2D eigenvalue weighted by Crippen LogP contribution is -2.53. The summed E-state index contributed by atoms with van der Waals surface area (Å²) in [4.78, 5) is 12.2. The molecule has 0 saturated carbocycles. The van der Waals surface area contributed by atoms with Crippen LogP contribution in [0.5, 0.6) is 0 Å². The molecule has 3 nitrogen and oxygen atoms in total. The molecule has 0 heterocycles. The third-order valence-electron chi connectivity index (χ3n) is 3.62. The number of rotatable bonds is 3. The third kappa shape index (κ3) is 2.70. The Kier molecular flexibility index (Phi) is 3.81. The molecule has 1 amide bonds. The van der Waals surface area contributed by atoms with Gasteiger partial charge in [0.25, 0.3) is 0 Å². The SMILES string of the molecule is Cc1cccc(NC(=O)C(C)(C)C(C)(C)N)c1F. The van der Waals surface area contributed by atoms with Gasteiger partial charge in [0.05, 0.1) is 11.1 Å². The standard InChI is InChI=1S/C14H21FN2O/c1-9-7-6-8-10(11(9)15)17-12(18)13(2,3)14(4,5)16/h6-8H,16H2,1-5H3,(H,17,18). The van der Waals surface area contributed by atoms with Crippen LogP contribution in [0.25, 0.3) is 0 Å². The van der Waals surface area contributed by atoms with Crippen molar-refractivity contribution in [1.82, 2.24) is 0 Å². The van der Waals surface area contributed by atoms with E-state index in [1.54, 1.807) is 52.8 Å². The van der Waals surface area contributed by atoms with Crippen molar-refractivity contribution in [3.05, 3.63) is 29.6 Å². The van der Waals surface area contributed by atoms with E-state index in [0.717, 1.165) is 0 Å². The predicted molar refractivity (Wildman–Crippen MR) is 71.8 cm³/mol. The van der Waals surface area contributed by atoms with Crippen molar-refractivity contribution in [2.45, 2.75) is 40.2 Å². The van der Waals surface area contributed by atoms with Crippen molar-refractivity contribution in [2.24, 2.45) is 11.1 Å². The summed E-state index contributed by atoms with van der Waals surface area (Å²) in [7, 11) is 0. The van der Waals surface area contributed by atoms with E-state index in [0.29, 0.717) is 5.56 Å². The smallest absolute Gasteiger partial charge is 0.231 e. The first kappa shape index (κ1) is 14.6. The maximum atomic E-state index is 13.8. The number of carbonyl (C=O) groups excluding carboxylic acids is 1. The molecule has 1 rings (SSSR count). The van der Waals surface area contributed by atoms with Crippen LogP contribution in [-0.2, 0) is 4.79 Å². The molecule has 0 aliphatic rings. The van der Waals surface area contributed by atoms with Crippen molar-refractivity contribution in [2.75, 3.05) is 5.32 Å². The van der Waals surface area contributed by atoms with Crippen molar-refractivity contribution in [3.63, 3.8) is 0 Å². The number of amides is 1. The molecule has 0 radical (unpaired) electrons. The number of nitrogens with two attached hydrogens (primary N) is 1. The van der Waals surface area contributed by atoms with Gasteiger partial charge in [-0.1, -0.05) is 12.1 Å². The molecule has 3 N–H and O–H groups in total. The number of hydrogen-bond acceptors (Lipinski definition) is 2. The average Bonchev–Trinajstić information content (AvgIpc) is 2.23. The first-order chi connectivity index (χ1) is 8.07. The van der Waals surface area contributed by atoms with Gasteiger partial charge in [-0.3, -0.25) is 4.79 Å². The third-order valence-corrected chi connectivity index (χ3v) is 3.62. The fourth-order valence-corrected chi connectivity index (χ4v) is 1.32. The molecule has 0 aromatic heterocycles. The van der Waals surface area contributed by atoms with Crippen LogP contribution in [0.15, 0.2) is 18.2 Å². The maximum absolute atomic E-state index is 13.8. The van der Waals surface area contributed by atoms with Crippen LogP contribution in [0, 0.1) is 18.2 Å². The molecule has 1 aromatic rings. The summed E-state index contributed by atoms with van der Waals surface area (Å²) in [6, 6.07) is 4.90. The van der Waals surface area contributed by atoms with Gasteiger partial charge in [0.2, 0.25) is 5.91 Å². The van der Waals surface area contributed by atoms with E-state index in [1.165, 1.54) is 0 Å². The largest absolute Gasteiger partial charge is 0.325 e. The number of carbonyl (C=O) groups is 1. The Balaban J connectivity index is 2.99. The van der Waals surface area contributed by atoms with Crippen LogP contribution in [-0.4, -0.2) is 11.4 Å². The first-order valence-electron chi connectivity index (χ1n) is 5.93. The zero-order valence-electron chi connectivity index (χ0n) is 11.6. The second kappa shape index (κ2) is 4.69. The lowest BCUT2D eigenvalue weighted by Gasteiger charge is -2.36. The van der Waals surface area contributed by atoms with Crippen LogP contribution in [0.4, 0.5) is 10.1 Å². The Morgan fingerprint density at radius 3 is 2.33 bits per heavy atom. The predicted octanol–water partition coefficient (Wildman–Crippen LogP) is 2.84. The zero-order valence-corrected chi connectivity index (χ0v) is 11.6. The summed E-state index contributed by atoms with van der Waals surface area (Å²) in [6.45, 7) is 8.70. The van der Waals surface area contributed by atoms with Gasteiger partial charge < -0.3 is 11.1 Å². The van der Waals surface area contributed by atoms with E-state index in [9.17, 15) is 9.18 Å². The molecule has 0 fully saturated rings. The second-order valence-electron chi connectivity index (χ2n) is 5.74. The highest BCUT2D eigenvalue weighted by Gasteiger charge is 2.40. The molecule has 0 spiro atoms. The van der Waals surface area contributed by atoms with Crippen molar-refractivity contribution < 1.29 is 9.18 Å². The molecule has 0 atom stereocenters. The lowest BCUT2D eigenvalue weighted by molar-refractivity contribution is -0.126. The van der Waals surface area contributed by atoms with Crippen molar-refractivity contribution in [3.8, 4) is 0 Å². The van der Waals surface area contributed by atoms with Gasteiger partial charge in [0.1, 0.15) is 5.82 Å². The normalized spacial score (nSPS) is 12.4. The summed E-state index contributed by atoms with van der Waals surface area (Å²) in [5.74, 6) is -0.698. The Hall–Kier alpha value is -1.42. The minimum Gasteiger partial charge on any atom is -0.325 e. The highest BCUT2D eigenvalue weighted by Crippen LogP contribution is 2.30. The van der Waals surface area contributed by atoms with E-state index < -0.39 is 16.8 Å². The van der Waals surface area contributed by atoms with Crippen LogP contribution in [0.3, 0.4) is 0 Å². The van der Waals surface area contributed by atoms with Gasteiger partial charge >= 0.3 is 0 Å². The minimum absolute atomic E-state index is 0.192. The zero-order chi connectivity index (χ0) is 14.1. The summed E-state index contributed by atoms with van der Waals surface area (Å²) in [5.41, 5.74) is 5.17. The molecule has 18 heavy (non-hydrogen) atoms. The van der Waals surface area contributed by atoms with E-state index in [1.807, 2.05) is 0 Å². The number of halogens is 1. The molecule has 4 heteroatoms. The molecule has 0 unspecified atom stereocenters. The molecule has 0 aliphatic carbocycles. The molecule has 0 saturated heterocycles. The number of anilines is 1. The van der Waals surface area contributed by atoms with Crippen LogP contribution in [0.2, 0.25) is 0 Å². The van der Waals surface area contributed by atoms with Gasteiger partial charge in [0.15, 0.2) is 0 Å². The summed E-state index contributed by atoms with van der Waals surface area (Å²) >= 11 is 0. The van der Waals surface area contributed by atoms with E-state index in [2.05, 4.69) is 5.32 Å². The topological polar surface area (TPSA) is 55.1 Å². The molecule has 0 aliphatic heterocycles. The fourth-order valence-electron chi connectivity index (χ4n) is 1.32.